The van der Waals surface area contributed by atoms with Gasteiger partial charge in [-0.25, -0.2) is 0 Å². The van der Waals surface area contributed by atoms with Crippen LogP contribution in [0, 0.1) is 0 Å². The molecule has 8 nitrogen and oxygen atoms in total. The van der Waals surface area contributed by atoms with Gasteiger partial charge in [0.1, 0.15) is 16.0 Å². The van der Waals surface area contributed by atoms with Gasteiger partial charge in [0, 0.05) is 30.4 Å². The quantitative estimate of drug-likeness (QED) is 0.485. The lowest BCUT2D eigenvalue weighted by atomic mass is 10.1. The summed E-state index contributed by atoms with van der Waals surface area (Å²) < 4.78 is 18.4. The smallest absolute Gasteiger partial charge is 0.324 e. The van der Waals surface area contributed by atoms with Crippen molar-refractivity contribution in [1.29, 1.82) is 0 Å². The first-order chi connectivity index (χ1) is 14.2. The molecular formula is C22H30N2O6S. The van der Waals surface area contributed by atoms with Gasteiger partial charge in [-0.2, -0.15) is 0 Å². The number of nitrogens with zero attached hydrogens (tertiary/aromatic N) is 2. The van der Waals surface area contributed by atoms with Gasteiger partial charge in [-0.15, -0.1) is 0 Å². The third-order valence-corrected chi connectivity index (χ3v) is 8.10. The summed E-state index contributed by atoms with van der Waals surface area (Å²) in [4.78, 5) is 51.4. The topological polar surface area (TPSA) is 103 Å². The number of amides is 1. The molecule has 0 spiro atoms. The molecule has 170 valence electrons. The predicted molar refractivity (Wildman–Crippen MR) is 117 cm³/mol. The minimum atomic E-state index is -1.56. The fourth-order valence-electron chi connectivity index (χ4n) is 3.80. The average molecular weight is 451 g/mol. The molecule has 0 aromatic carbocycles. The van der Waals surface area contributed by atoms with Crippen molar-refractivity contribution in [3.63, 3.8) is 0 Å². The molecule has 0 N–H and O–H groups in total. The number of pyridine rings is 1. The van der Waals surface area contributed by atoms with E-state index >= 15 is 0 Å². The van der Waals surface area contributed by atoms with Gasteiger partial charge in [-0.05, 0) is 66.5 Å². The van der Waals surface area contributed by atoms with Gasteiger partial charge in [0.15, 0.2) is 5.78 Å². The highest BCUT2D eigenvalue weighted by atomic mass is 32.2. The molecule has 0 bridgehead atoms. The minimum Gasteiger partial charge on any atom is -0.459 e. The minimum absolute atomic E-state index is 0.0591. The van der Waals surface area contributed by atoms with E-state index in [1.54, 1.807) is 39.5 Å². The highest BCUT2D eigenvalue weighted by Crippen LogP contribution is 2.47. The van der Waals surface area contributed by atoms with E-state index in [1.807, 2.05) is 0 Å². The van der Waals surface area contributed by atoms with Gasteiger partial charge in [0.2, 0.25) is 0 Å². The van der Waals surface area contributed by atoms with E-state index in [2.05, 4.69) is 0 Å². The van der Waals surface area contributed by atoms with Crippen molar-refractivity contribution in [1.82, 2.24) is 9.47 Å². The molecule has 1 atom stereocenters. The van der Waals surface area contributed by atoms with Crippen LogP contribution < -0.4 is 5.56 Å². The SMILES string of the molecule is CC(=O)c1ccc2n(c1=O)CCN(CC1(S(=O)C(C)(C)C(=O)OC(C)(C)C)CC1)C2=O. The highest BCUT2D eigenvalue weighted by molar-refractivity contribution is 7.89. The van der Waals surface area contributed by atoms with Crippen molar-refractivity contribution >= 4 is 28.5 Å². The van der Waals surface area contributed by atoms with Gasteiger partial charge in [0.05, 0.1) is 10.3 Å². The summed E-state index contributed by atoms with van der Waals surface area (Å²) in [5.41, 5.74) is -0.875. The van der Waals surface area contributed by atoms with Crippen molar-refractivity contribution in [2.45, 2.75) is 76.0 Å². The normalized spacial score (nSPS) is 18.9. The van der Waals surface area contributed by atoms with Crippen LogP contribution in [0.3, 0.4) is 0 Å². The van der Waals surface area contributed by atoms with E-state index in [1.165, 1.54) is 23.6 Å². The third-order valence-electron chi connectivity index (χ3n) is 5.69. The molecule has 1 unspecified atom stereocenters. The van der Waals surface area contributed by atoms with Crippen LogP contribution in [0.25, 0.3) is 0 Å². The Balaban J connectivity index is 1.80. The number of carbonyl (C=O) groups is 3. The molecule has 1 aliphatic heterocycles. The zero-order valence-electron chi connectivity index (χ0n) is 18.9. The third kappa shape index (κ3) is 4.37. The number of aromatic nitrogens is 1. The van der Waals surface area contributed by atoms with E-state index in [4.69, 9.17) is 4.74 Å². The zero-order valence-corrected chi connectivity index (χ0v) is 19.8. The van der Waals surface area contributed by atoms with Crippen LogP contribution in [-0.2, 0) is 26.9 Å². The molecule has 31 heavy (non-hydrogen) atoms. The second kappa shape index (κ2) is 7.69. The molecule has 1 amide bonds. The second-order valence-corrected chi connectivity index (χ2v) is 12.3. The van der Waals surface area contributed by atoms with E-state index in [0.717, 1.165) is 0 Å². The molecule has 0 radical (unpaired) electrons. The Bertz CT molecular complexity index is 1030. The Kier molecular flexibility index (Phi) is 5.80. The van der Waals surface area contributed by atoms with Crippen LogP contribution in [0.2, 0.25) is 0 Å². The van der Waals surface area contributed by atoms with Crippen LogP contribution in [0.4, 0.5) is 0 Å². The first-order valence-corrected chi connectivity index (χ1v) is 11.5. The van der Waals surface area contributed by atoms with Crippen LogP contribution in [0.5, 0.6) is 0 Å². The summed E-state index contributed by atoms with van der Waals surface area (Å²) in [5.74, 6) is -1.20. The number of hydrogen-bond acceptors (Lipinski definition) is 6. The molecule has 1 fully saturated rings. The Morgan fingerprint density at radius 2 is 1.71 bits per heavy atom. The van der Waals surface area contributed by atoms with Gasteiger partial charge in [-0.3, -0.25) is 23.4 Å². The molecule has 2 aliphatic rings. The lowest BCUT2D eigenvalue weighted by Gasteiger charge is -2.35. The Morgan fingerprint density at radius 1 is 1.10 bits per heavy atom. The number of esters is 1. The van der Waals surface area contributed by atoms with Crippen LogP contribution in [-0.4, -0.2) is 59.5 Å². The summed E-state index contributed by atoms with van der Waals surface area (Å²) in [6.07, 6.45) is 1.29. The van der Waals surface area contributed by atoms with Crippen LogP contribution >= 0.6 is 0 Å². The highest BCUT2D eigenvalue weighted by Gasteiger charge is 2.57. The van der Waals surface area contributed by atoms with Crippen LogP contribution in [0.1, 0.15) is 75.2 Å². The Hall–Kier alpha value is -2.29. The maximum atomic E-state index is 13.5. The fraction of sp³-hybridized carbons (Fsp3) is 0.636. The first kappa shape index (κ1) is 23.4. The average Bonchev–Trinajstić information content (AvgIpc) is 3.42. The fourth-order valence-corrected chi connectivity index (χ4v) is 5.82. The number of ether oxygens (including phenoxy) is 1. The molecule has 9 heteroatoms. The maximum absolute atomic E-state index is 13.5. The molecule has 1 aromatic heterocycles. The molecular weight excluding hydrogens is 420 g/mol. The summed E-state index contributed by atoms with van der Waals surface area (Å²) >= 11 is 0. The Morgan fingerprint density at radius 3 is 2.23 bits per heavy atom. The van der Waals surface area contributed by atoms with Gasteiger partial charge in [-0.1, -0.05) is 0 Å². The molecule has 1 aromatic rings. The largest absolute Gasteiger partial charge is 0.459 e. The number of fused-ring (bicyclic) bond motifs is 1. The summed E-state index contributed by atoms with van der Waals surface area (Å²) in [7, 11) is -1.56. The lowest BCUT2D eigenvalue weighted by Crippen LogP contribution is -2.52. The van der Waals surface area contributed by atoms with Crippen molar-refractivity contribution in [3.05, 3.63) is 33.7 Å². The molecule has 0 saturated heterocycles. The van der Waals surface area contributed by atoms with Crippen molar-refractivity contribution in [3.8, 4) is 0 Å². The number of hydrogen-bond donors (Lipinski definition) is 0. The number of carbonyl (C=O) groups excluding carboxylic acids is 3. The second-order valence-electron chi connectivity index (χ2n) is 9.84. The summed E-state index contributed by atoms with van der Waals surface area (Å²) in [5, 5.41) is 0. The van der Waals surface area contributed by atoms with Gasteiger partial charge < -0.3 is 14.2 Å². The van der Waals surface area contributed by atoms with Crippen molar-refractivity contribution in [2.75, 3.05) is 13.1 Å². The summed E-state index contributed by atoms with van der Waals surface area (Å²) in [6, 6.07) is 2.88. The summed E-state index contributed by atoms with van der Waals surface area (Å²) in [6.45, 7) is 10.6. The molecule has 1 saturated carbocycles. The van der Waals surface area contributed by atoms with Crippen molar-refractivity contribution in [2.24, 2.45) is 0 Å². The number of rotatable bonds is 6. The molecule has 2 heterocycles. The van der Waals surface area contributed by atoms with Crippen molar-refractivity contribution < 1.29 is 23.3 Å². The van der Waals surface area contributed by atoms with E-state index in [9.17, 15) is 23.4 Å². The lowest BCUT2D eigenvalue weighted by molar-refractivity contribution is -0.157. The van der Waals surface area contributed by atoms with E-state index < -0.39 is 37.4 Å². The Labute approximate surface area is 184 Å². The zero-order chi connectivity index (χ0) is 23.4. The first-order valence-electron chi connectivity index (χ1n) is 10.4. The maximum Gasteiger partial charge on any atom is 0.324 e. The van der Waals surface area contributed by atoms with Crippen LogP contribution in [0.15, 0.2) is 16.9 Å². The van der Waals surface area contributed by atoms with Gasteiger partial charge >= 0.3 is 5.97 Å². The molecule has 3 rings (SSSR count). The monoisotopic (exact) mass is 450 g/mol. The number of Topliss-reactive ketones (excluding diaryl/α,β-unsaturated/α-hetero) is 1. The van der Waals surface area contributed by atoms with E-state index in [-0.39, 0.29) is 42.6 Å². The van der Waals surface area contributed by atoms with E-state index in [0.29, 0.717) is 12.8 Å². The predicted octanol–water partition coefficient (Wildman–Crippen LogP) is 1.91. The van der Waals surface area contributed by atoms with Gasteiger partial charge in [0.25, 0.3) is 11.5 Å². The number of ketones is 1. The standard InChI is InChI=1S/C22H30N2O6S/c1-14(25)15-7-8-16-18(27)23(11-12-24(16)17(15)26)13-22(9-10-22)31(29)21(5,6)19(28)30-20(2,3)4/h7-8H,9-13H2,1-6H3. The molecule has 1 aliphatic carbocycles.